The number of para-hydroxylation sites is 4. The van der Waals surface area contributed by atoms with Gasteiger partial charge >= 0.3 is 0 Å². The van der Waals surface area contributed by atoms with E-state index in [0.717, 1.165) is 55.2 Å². The lowest BCUT2D eigenvalue weighted by Gasteiger charge is -2.39. The number of nitrogens with zero attached hydrogens (tertiary/aromatic N) is 2. The maximum Gasteiger partial charge on any atom is 0.172 e. The molecule has 10 aromatic carbocycles. The van der Waals surface area contributed by atoms with E-state index in [-0.39, 0.29) is 0 Å². The Balaban J connectivity index is 1.15. The van der Waals surface area contributed by atoms with Crippen LogP contribution in [0.5, 0.6) is 0 Å². The van der Waals surface area contributed by atoms with Crippen LogP contribution in [-0.2, 0) is 9.98 Å². The molecule has 2 aliphatic heterocycles. The first-order valence-corrected chi connectivity index (χ1v) is 23.4. The van der Waals surface area contributed by atoms with Crippen molar-refractivity contribution in [1.29, 1.82) is 0 Å². The molecule has 0 saturated carbocycles. The lowest BCUT2D eigenvalue weighted by Crippen LogP contribution is -2.34. The fourth-order valence-electron chi connectivity index (χ4n) is 11.7. The van der Waals surface area contributed by atoms with Crippen molar-refractivity contribution in [3.8, 4) is 27.9 Å². The van der Waals surface area contributed by atoms with Crippen LogP contribution >= 0.6 is 7.14 Å². The van der Waals surface area contributed by atoms with Crippen LogP contribution in [0.3, 0.4) is 0 Å². The molecule has 63 heavy (non-hydrogen) atoms. The Kier molecular flexibility index (Phi) is 7.03. The number of anilines is 3. The minimum atomic E-state index is -3.40. The van der Waals surface area contributed by atoms with Crippen LogP contribution < -0.4 is 20.8 Å². The molecule has 1 spiro atoms. The summed E-state index contributed by atoms with van der Waals surface area (Å²) in [5.74, 6) is 0. The quantitative estimate of drug-likeness (QED) is 0.165. The standard InChI is InChI=1S/C59H37N2OP/c62-63(43-20-5-2-6-21-43)55-29-14-10-23-45(55)47-33-35-51-56(58(47)63)48-37-42(60(40-18-3-1-4-19-40)41-31-30-38-16-7-8-17-39(38)36-41)32-34-49(48)59(51)50-25-11-13-28-54(50)61-53-27-12-9-22-44(53)46-24-15-26-52(59)57(46)61/h1-37H/t59?,63-/m0/s1. The topological polar surface area (TPSA) is 25.2 Å². The number of aromatic nitrogens is 1. The van der Waals surface area contributed by atoms with E-state index in [4.69, 9.17) is 0 Å². The van der Waals surface area contributed by atoms with Gasteiger partial charge in [0, 0.05) is 43.7 Å². The molecule has 2 atom stereocenters. The second-order valence-corrected chi connectivity index (χ2v) is 19.8. The monoisotopic (exact) mass is 820 g/mol. The SMILES string of the molecule is O=[P@@]1(c2ccccc2)c2ccccc2-c2ccc3c(c21)-c1cc(N(c2ccccc2)c2ccc4ccccc4c2)ccc1C31c2ccccc2-n2c3ccccc3c3cccc1c32. The van der Waals surface area contributed by atoms with E-state index < -0.39 is 12.6 Å². The molecule has 14 rings (SSSR count). The zero-order valence-corrected chi connectivity index (χ0v) is 35.0. The highest BCUT2D eigenvalue weighted by Crippen LogP contribution is 2.65. The Bertz CT molecular complexity index is 3790. The molecule has 11 aromatic rings. The van der Waals surface area contributed by atoms with Gasteiger partial charge in [0.25, 0.3) is 0 Å². The van der Waals surface area contributed by atoms with Gasteiger partial charge < -0.3 is 14.0 Å². The van der Waals surface area contributed by atoms with Crippen LogP contribution in [0.15, 0.2) is 224 Å². The lowest BCUT2D eigenvalue weighted by molar-refractivity contribution is 0.593. The molecule has 1 aliphatic carbocycles. The third-order valence-corrected chi connectivity index (χ3v) is 17.3. The van der Waals surface area contributed by atoms with Gasteiger partial charge in [0.05, 0.1) is 22.1 Å². The summed E-state index contributed by atoms with van der Waals surface area (Å²) in [4.78, 5) is 2.37. The normalized spacial score (nSPS) is 17.4. The lowest BCUT2D eigenvalue weighted by atomic mass is 9.65. The largest absolute Gasteiger partial charge is 0.310 e. The molecule has 1 aromatic heterocycles. The first-order valence-electron chi connectivity index (χ1n) is 21.7. The average Bonchev–Trinajstić information content (AvgIpc) is 3.94. The van der Waals surface area contributed by atoms with Crippen molar-refractivity contribution in [3.05, 3.63) is 247 Å². The van der Waals surface area contributed by atoms with Gasteiger partial charge in [0.2, 0.25) is 0 Å². The highest BCUT2D eigenvalue weighted by Gasteiger charge is 2.54. The van der Waals surface area contributed by atoms with E-state index in [2.05, 4.69) is 210 Å². The zero-order chi connectivity index (χ0) is 41.4. The molecule has 0 fully saturated rings. The van der Waals surface area contributed by atoms with Crippen molar-refractivity contribution < 1.29 is 4.57 Å². The van der Waals surface area contributed by atoms with Crippen LogP contribution in [0.4, 0.5) is 17.1 Å². The van der Waals surface area contributed by atoms with Crippen LogP contribution in [0.2, 0.25) is 0 Å². The van der Waals surface area contributed by atoms with Crippen LogP contribution in [0.1, 0.15) is 22.3 Å². The molecule has 0 bridgehead atoms. The summed E-state index contributed by atoms with van der Waals surface area (Å²) in [6, 6.07) is 81.0. The van der Waals surface area contributed by atoms with Gasteiger partial charge in [0.1, 0.15) is 0 Å². The van der Waals surface area contributed by atoms with Crippen LogP contribution in [0, 0.1) is 0 Å². The summed E-state index contributed by atoms with van der Waals surface area (Å²) in [5, 5.41) is 7.57. The molecular weight excluding hydrogens is 784 g/mol. The van der Waals surface area contributed by atoms with Gasteiger partial charge in [-0.3, -0.25) is 0 Å². The van der Waals surface area contributed by atoms with E-state index in [1.807, 2.05) is 24.3 Å². The Labute approximate surface area is 365 Å². The number of benzene rings is 10. The van der Waals surface area contributed by atoms with Crippen molar-refractivity contribution in [2.45, 2.75) is 5.41 Å². The molecule has 4 heteroatoms. The predicted octanol–water partition coefficient (Wildman–Crippen LogP) is 13.7. The molecule has 1 unspecified atom stereocenters. The van der Waals surface area contributed by atoms with Gasteiger partial charge in [0.15, 0.2) is 7.14 Å². The maximum atomic E-state index is 16.8. The minimum absolute atomic E-state index is 0.713. The van der Waals surface area contributed by atoms with Crippen molar-refractivity contribution in [3.63, 3.8) is 0 Å². The van der Waals surface area contributed by atoms with Crippen LogP contribution in [0.25, 0.3) is 60.5 Å². The molecule has 0 radical (unpaired) electrons. The highest BCUT2D eigenvalue weighted by molar-refractivity contribution is 7.86. The van der Waals surface area contributed by atoms with Gasteiger partial charge in [-0.25, -0.2) is 0 Å². The second-order valence-electron chi connectivity index (χ2n) is 17.1. The molecular formula is C59H37N2OP. The Morgan fingerprint density at radius 3 is 1.98 bits per heavy atom. The Morgan fingerprint density at radius 1 is 0.429 bits per heavy atom. The first-order chi connectivity index (χ1) is 31.2. The van der Waals surface area contributed by atoms with Crippen molar-refractivity contribution in [1.82, 2.24) is 4.57 Å². The first kappa shape index (κ1) is 34.9. The van der Waals surface area contributed by atoms with E-state index in [9.17, 15) is 0 Å². The summed E-state index contributed by atoms with van der Waals surface area (Å²) < 4.78 is 19.3. The Hall–Kier alpha value is -7.71. The second kappa shape index (κ2) is 12.7. The molecule has 0 amide bonds. The molecule has 3 nitrogen and oxygen atoms in total. The number of fused-ring (bicyclic) bond motifs is 17. The third-order valence-electron chi connectivity index (χ3n) is 14.1. The Morgan fingerprint density at radius 2 is 1.10 bits per heavy atom. The van der Waals surface area contributed by atoms with Crippen molar-refractivity contribution in [2.24, 2.45) is 0 Å². The van der Waals surface area contributed by atoms with E-state index in [1.54, 1.807) is 0 Å². The van der Waals surface area contributed by atoms with Crippen molar-refractivity contribution >= 4 is 72.7 Å². The van der Waals surface area contributed by atoms with Gasteiger partial charge in [-0.05, 0) is 104 Å². The summed E-state index contributed by atoms with van der Waals surface area (Å²) >= 11 is 0. The van der Waals surface area contributed by atoms with Crippen molar-refractivity contribution in [2.75, 3.05) is 4.90 Å². The minimum Gasteiger partial charge on any atom is -0.310 e. The number of hydrogen-bond donors (Lipinski definition) is 0. The van der Waals surface area contributed by atoms with Gasteiger partial charge in [-0.15, -0.1) is 0 Å². The molecule has 3 heterocycles. The summed E-state index contributed by atoms with van der Waals surface area (Å²) in [6.45, 7) is 0. The zero-order valence-electron chi connectivity index (χ0n) is 34.1. The van der Waals surface area contributed by atoms with E-state index >= 15 is 4.57 Å². The van der Waals surface area contributed by atoms with E-state index in [1.165, 1.54) is 60.5 Å². The molecule has 294 valence electrons. The third kappa shape index (κ3) is 4.42. The fourth-order valence-corrected chi connectivity index (χ4v) is 15.0. The summed E-state index contributed by atoms with van der Waals surface area (Å²) in [5.41, 5.74) is 15.2. The fraction of sp³-hybridized carbons (Fsp3) is 0.0169. The average molecular weight is 821 g/mol. The predicted molar refractivity (Wildman–Crippen MR) is 262 cm³/mol. The highest BCUT2D eigenvalue weighted by atomic mass is 31.2. The van der Waals surface area contributed by atoms with Crippen LogP contribution in [-0.4, -0.2) is 4.57 Å². The van der Waals surface area contributed by atoms with E-state index in [0.29, 0.717) is 0 Å². The summed E-state index contributed by atoms with van der Waals surface area (Å²) in [7, 11) is -3.40. The van der Waals surface area contributed by atoms with Gasteiger partial charge in [-0.2, -0.15) is 0 Å². The van der Waals surface area contributed by atoms with Gasteiger partial charge in [-0.1, -0.05) is 176 Å². The smallest absolute Gasteiger partial charge is 0.172 e. The maximum absolute atomic E-state index is 16.8. The molecule has 3 aliphatic rings. The summed E-state index contributed by atoms with van der Waals surface area (Å²) in [6.07, 6.45) is 0. The number of hydrogen-bond acceptors (Lipinski definition) is 2. The molecule has 0 saturated heterocycles. The molecule has 0 N–H and O–H groups in total. The number of rotatable bonds is 4.